The lowest BCUT2D eigenvalue weighted by molar-refractivity contribution is -0.0507. The smallest absolute Gasteiger partial charge is 0.387 e. The second-order valence-corrected chi connectivity index (χ2v) is 5.45. The molecule has 0 spiro atoms. The summed E-state index contributed by atoms with van der Waals surface area (Å²) in [6, 6.07) is 7.63. The van der Waals surface area contributed by atoms with Crippen molar-refractivity contribution in [2.45, 2.75) is 20.5 Å². The van der Waals surface area contributed by atoms with Gasteiger partial charge in [-0.15, -0.1) is 0 Å². The van der Waals surface area contributed by atoms with Crippen molar-refractivity contribution in [1.82, 2.24) is 0 Å². The van der Waals surface area contributed by atoms with Crippen LogP contribution in [-0.4, -0.2) is 24.6 Å². The maximum atomic E-state index is 12.4. The first-order valence-corrected chi connectivity index (χ1v) is 7.47. The van der Waals surface area contributed by atoms with Crippen molar-refractivity contribution in [2.24, 2.45) is 0 Å². The summed E-state index contributed by atoms with van der Waals surface area (Å²) < 4.78 is 34.3. The number of allylic oxidation sites excluding steroid dienone is 1. The third-order valence-electron chi connectivity index (χ3n) is 3.58. The van der Waals surface area contributed by atoms with Crippen molar-refractivity contribution in [2.75, 3.05) is 7.11 Å². The summed E-state index contributed by atoms with van der Waals surface area (Å²) in [5, 5.41) is 9.55. The monoisotopic (exact) mass is 348 g/mol. The molecule has 1 N–H and O–H groups in total. The molecule has 0 bridgehead atoms. The third kappa shape index (κ3) is 4.56. The zero-order valence-corrected chi connectivity index (χ0v) is 14.0. The standard InChI is InChI=1S/C19H18F2O4/c1-11-8-13(9-12(2)18(11)25-19(20)21)4-6-15(22)14-5-7-16(23)17(10-14)24-3/h4-10,19,23H,1-3H3/b6-4+. The Bertz CT molecular complexity index is 790. The summed E-state index contributed by atoms with van der Waals surface area (Å²) in [4.78, 5) is 12.2. The van der Waals surface area contributed by atoms with Crippen LogP contribution in [0.4, 0.5) is 8.78 Å². The van der Waals surface area contributed by atoms with Gasteiger partial charge in [-0.2, -0.15) is 8.78 Å². The molecule has 2 rings (SSSR count). The van der Waals surface area contributed by atoms with E-state index in [1.807, 2.05) is 0 Å². The van der Waals surface area contributed by atoms with Crippen molar-refractivity contribution in [1.29, 1.82) is 0 Å². The number of methoxy groups -OCH3 is 1. The molecule has 0 atom stereocenters. The Labute approximate surface area is 144 Å². The van der Waals surface area contributed by atoms with Gasteiger partial charge in [0.1, 0.15) is 5.75 Å². The minimum Gasteiger partial charge on any atom is -0.504 e. The van der Waals surface area contributed by atoms with Gasteiger partial charge in [0.15, 0.2) is 17.3 Å². The van der Waals surface area contributed by atoms with Crippen LogP contribution in [0.25, 0.3) is 6.08 Å². The molecule has 0 aliphatic heterocycles. The van der Waals surface area contributed by atoms with Crippen molar-refractivity contribution < 1.29 is 28.2 Å². The number of halogens is 2. The second-order valence-electron chi connectivity index (χ2n) is 5.45. The van der Waals surface area contributed by atoms with Gasteiger partial charge >= 0.3 is 6.61 Å². The molecule has 0 unspecified atom stereocenters. The number of aryl methyl sites for hydroxylation is 2. The molecule has 0 saturated carbocycles. The molecule has 6 heteroatoms. The van der Waals surface area contributed by atoms with Crippen molar-refractivity contribution in [3.05, 3.63) is 58.7 Å². The van der Waals surface area contributed by atoms with Crippen LogP contribution in [0.5, 0.6) is 17.2 Å². The number of hydrogen-bond acceptors (Lipinski definition) is 4. The number of phenolic OH excluding ortho intramolecular Hbond substituents is 1. The van der Waals surface area contributed by atoms with Gasteiger partial charge in [0.2, 0.25) is 0 Å². The average molecular weight is 348 g/mol. The Kier molecular flexibility index (Phi) is 5.75. The fourth-order valence-corrected chi connectivity index (χ4v) is 2.45. The van der Waals surface area contributed by atoms with E-state index in [1.165, 1.54) is 31.4 Å². The minimum absolute atomic E-state index is 0.0519. The number of ketones is 1. The normalized spacial score (nSPS) is 11.1. The summed E-state index contributed by atoms with van der Waals surface area (Å²) in [5.74, 6) is 0.0200. The highest BCUT2D eigenvalue weighted by atomic mass is 19.3. The van der Waals surface area contributed by atoms with E-state index < -0.39 is 6.61 Å². The zero-order chi connectivity index (χ0) is 18.6. The number of ether oxygens (including phenoxy) is 2. The van der Waals surface area contributed by atoms with Gasteiger partial charge < -0.3 is 14.6 Å². The fraction of sp³-hybridized carbons (Fsp3) is 0.211. The average Bonchev–Trinajstić information content (AvgIpc) is 2.56. The topological polar surface area (TPSA) is 55.8 Å². The Morgan fingerprint density at radius 3 is 2.36 bits per heavy atom. The van der Waals surface area contributed by atoms with Gasteiger partial charge in [-0.1, -0.05) is 6.08 Å². The predicted molar refractivity (Wildman–Crippen MR) is 90.6 cm³/mol. The van der Waals surface area contributed by atoms with Gasteiger partial charge in [0, 0.05) is 5.56 Å². The lowest BCUT2D eigenvalue weighted by atomic mass is 10.0. The fourth-order valence-electron chi connectivity index (χ4n) is 2.45. The van der Waals surface area contributed by atoms with E-state index in [1.54, 1.807) is 32.1 Å². The van der Waals surface area contributed by atoms with Crippen LogP contribution >= 0.6 is 0 Å². The number of rotatable bonds is 6. The summed E-state index contributed by atoms with van der Waals surface area (Å²) in [6.45, 7) is 0.438. The molecule has 0 aromatic heterocycles. The van der Waals surface area contributed by atoms with Crippen LogP contribution in [0.1, 0.15) is 27.0 Å². The second kappa shape index (κ2) is 7.79. The number of aromatic hydroxyl groups is 1. The SMILES string of the molecule is COc1cc(C(=O)/C=C/c2cc(C)c(OC(F)F)c(C)c2)ccc1O. The highest BCUT2D eigenvalue weighted by molar-refractivity contribution is 6.07. The molecule has 2 aromatic rings. The molecule has 0 aliphatic carbocycles. The van der Waals surface area contributed by atoms with E-state index in [2.05, 4.69) is 4.74 Å². The number of carbonyl (C=O) groups is 1. The molecule has 0 fully saturated rings. The van der Waals surface area contributed by atoms with Crippen LogP contribution in [0, 0.1) is 13.8 Å². The lowest BCUT2D eigenvalue weighted by Crippen LogP contribution is -2.05. The van der Waals surface area contributed by atoms with Crippen LogP contribution in [-0.2, 0) is 0 Å². The van der Waals surface area contributed by atoms with Crippen LogP contribution in [0.15, 0.2) is 36.4 Å². The Morgan fingerprint density at radius 1 is 1.16 bits per heavy atom. The number of hydrogen-bond donors (Lipinski definition) is 1. The Morgan fingerprint density at radius 2 is 1.80 bits per heavy atom. The summed E-state index contributed by atoms with van der Waals surface area (Å²) in [5.41, 5.74) is 2.16. The number of benzene rings is 2. The van der Waals surface area contributed by atoms with Gasteiger partial charge in [0.25, 0.3) is 0 Å². The van der Waals surface area contributed by atoms with Gasteiger partial charge in [-0.25, -0.2) is 0 Å². The zero-order valence-electron chi connectivity index (χ0n) is 14.0. The van der Waals surface area contributed by atoms with E-state index in [0.717, 1.165) is 0 Å². The molecule has 0 amide bonds. The van der Waals surface area contributed by atoms with Gasteiger partial charge in [0.05, 0.1) is 7.11 Å². The molecule has 0 radical (unpaired) electrons. The minimum atomic E-state index is -2.88. The van der Waals surface area contributed by atoms with Crippen molar-refractivity contribution in [3.63, 3.8) is 0 Å². The Balaban J connectivity index is 2.23. The van der Waals surface area contributed by atoms with Gasteiger partial charge in [-0.3, -0.25) is 4.79 Å². The summed E-state index contributed by atoms with van der Waals surface area (Å²) in [7, 11) is 1.40. The molecule has 0 heterocycles. The van der Waals surface area contributed by atoms with Crippen LogP contribution in [0.3, 0.4) is 0 Å². The Hall–Kier alpha value is -2.89. The van der Waals surface area contributed by atoms with E-state index >= 15 is 0 Å². The number of phenols is 1. The molecule has 0 aliphatic rings. The largest absolute Gasteiger partial charge is 0.504 e. The quantitative estimate of drug-likeness (QED) is 0.616. The third-order valence-corrected chi connectivity index (χ3v) is 3.58. The van der Waals surface area contributed by atoms with Crippen LogP contribution < -0.4 is 9.47 Å². The number of alkyl halides is 2. The lowest BCUT2D eigenvalue weighted by Gasteiger charge is -2.12. The van der Waals surface area contributed by atoms with Crippen molar-refractivity contribution in [3.8, 4) is 17.2 Å². The van der Waals surface area contributed by atoms with Gasteiger partial charge in [-0.05, 0) is 66.9 Å². The number of carbonyl (C=O) groups excluding carboxylic acids is 1. The first kappa shape index (κ1) is 18.4. The molecule has 132 valence electrons. The molecule has 25 heavy (non-hydrogen) atoms. The highest BCUT2D eigenvalue weighted by Crippen LogP contribution is 2.28. The maximum Gasteiger partial charge on any atom is 0.387 e. The van der Waals surface area contributed by atoms with E-state index in [0.29, 0.717) is 22.3 Å². The van der Waals surface area contributed by atoms with Crippen molar-refractivity contribution >= 4 is 11.9 Å². The molecular weight excluding hydrogens is 330 g/mol. The molecule has 2 aromatic carbocycles. The predicted octanol–water partition coefficient (Wildman–Crippen LogP) is 4.52. The van der Waals surface area contributed by atoms with Crippen LogP contribution in [0.2, 0.25) is 0 Å². The summed E-state index contributed by atoms with van der Waals surface area (Å²) >= 11 is 0. The first-order valence-electron chi connectivity index (χ1n) is 7.47. The van der Waals surface area contributed by atoms with E-state index in [4.69, 9.17) is 4.74 Å². The molecule has 4 nitrogen and oxygen atoms in total. The summed E-state index contributed by atoms with van der Waals surface area (Å²) in [6.07, 6.45) is 2.96. The molecule has 0 saturated heterocycles. The van der Waals surface area contributed by atoms with E-state index in [9.17, 15) is 18.7 Å². The highest BCUT2D eigenvalue weighted by Gasteiger charge is 2.11. The van der Waals surface area contributed by atoms with E-state index in [-0.39, 0.29) is 23.0 Å². The first-order chi connectivity index (χ1) is 11.8. The maximum absolute atomic E-state index is 12.4. The molecular formula is C19H18F2O4.